The molecule has 1 saturated heterocycles. The Hall–Kier alpha value is -0.880. The quantitative estimate of drug-likeness (QED) is 0.924. The molecule has 2 N–H and O–H groups in total. The molecule has 1 aliphatic rings. The average molecular weight is 305 g/mol. The predicted molar refractivity (Wildman–Crippen MR) is 75.0 cm³/mol. The summed E-state index contributed by atoms with van der Waals surface area (Å²) in [5, 5.41) is 0. The molecule has 20 heavy (non-hydrogen) atoms. The Morgan fingerprint density at radius 1 is 1.25 bits per heavy atom. The molecule has 1 heterocycles. The van der Waals surface area contributed by atoms with Crippen LogP contribution in [0.3, 0.4) is 0 Å². The van der Waals surface area contributed by atoms with Gasteiger partial charge in [0.15, 0.2) is 0 Å². The molecular formula is C14H18F3NOS. The topological polar surface area (TPSA) is 35.2 Å². The van der Waals surface area contributed by atoms with E-state index in [1.54, 1.807) is 0 Å². The van der Waals surface area contributed by atoms with Gasteiger partial charge < -0.3 is 10.5 Å². The van der Waals surface area contributed by atoms with Crippen LogP contribution in [0.4, 0.5) is 13.2 Å². The number of rotatable bonds is 4. The van der Waals surface area contributed by atoms with Crippen molar-refractivity contribution in [2.24, 2.45) is 11.7 Å². The van der Waals surface area contributed by atoms with Crippen LogP contribution in [-0.4, -0.2) is 24.2 Å². The highest BCUT2D eigenvalue weighted by Gasteiger charge is 2.34. The Morgan fingerprint density at radius 3 is 2.55 bits per heavy atom. The van der Waals surface area contributed by atoms with Crippen LogP contribution in [0, 0.1) is 5.92 Å². The summed E-state index contributed by atoms with van der Waals surface area (Å²) in [6.45, 7) is 0.127. The summed E-state index contributed by atoms with van der Waals surface area (Å²) in [6, 6.07) is 5.04. The lowest BCUT2D eigenvalue weighted by Crippen LogP contribution is -2.38. The zero-order valence-electron chi connectivity index (χ0n) is 11.0. The first kappa shape index (κ1) is 15.5. The highest BCUT2D eigenvalue weighted by Crippen LogP contribution is 2.36. The highest BCUT2D eigenvalue weighted by molar-refractivity contribution is 7.99. The van der Waals surface area contributed by atoms with Crippen LogP contribution in [-0.2, 0) is 6.18 Å². The lowest BCUT2D eigenvalue weighted by atomic mass is 9.95. The molecule has 0 saturated carbocycles. The van der Waals surface area contributed by atoms with E-state index in [1.165, 1.54) is 18.2 Å². The van der Waals surface area contributed by atoms with Crippen LogP contribution in [0.1, 0.15) is 18.4 Å². The van der Waals surface area contributed by atoms with Gasteiger partial charge in [-0.25, -0.2) is 0 Å². The standard InChI is InChI=1S/C14H18F3NOS/c15-14(16,17)11-3-1-2-4-13(11)19-9-12(18)10-5-7-20-8-6-10/h1-4,10,12H,5-9,18H2. The van der Waals surface area contributed by atoms with Crippen molar-refractivity contribution in [2.45, 2.75) is 25.1 Å². The number of benzene rings is 1. The molecule has 0 amide bonds. The largest absolute Gasteiger partial charge is 0.491 e. The molecule has 0 aromatic heterocycles. The van der Waals surface area contributed by atoms with E-state index in [-0.39, 0.29) is 18.4 Å². The Labute approximate surface area is 120 Å². The third-order valence-electron chi connectivity index (χ3n) is 3.50. The van der Waals surface area contributed by atoms with Gasteiger partial charge in [-0.05, 0) is 42.4 Å². The summed E-state index contributed by atoms with van der Waals surface area (Å²) < 4.78 is 43.8. The molecule has 0 radical (unpaired) electrons. The van der Waals surface area contributed by atoms with Crippen molar-refractivity contribution in [1.82, 2.24) is 0 Å². The number of ether oxygens (including phenoxy) is 1. The monoisotopic (exact) mass is 305 g/mol. The molecular weight excluding hydrogens is 287 g/mol. The molecule has 1 unspecified atom stereocenters. The van der Waals surface area contributed by atoms with Crippen molar-refractivity contribution in [3.05, 3.63) is 29.8 Å². The first-order chi connectivity index (χ1) is 9.48. The lowest BCUT2D eigenvalue weighted by molar-refractivity contribution is -0.139. The van der Waals surface area contributed by atoms with Gasteiger partial charge in [0.05, 0.1) is 5.56 Å². The number of hydrogen-bond acceptors (Lipinski definition) is 3. The number of hydrogen-bond donors (Lipinski definition) is 1. The number of halogens is 3. The van der Waals surface area contributed by atoms with Crippen LogP contribution in [0.2, 0.25) is 0 Å². The molecule has 1 atom stereocenters. The maximum Gasteiger partial charge on any atom is 0.419 e. The Balaban J connectivity index is 1.96. The van der Waals surface area contributed by atoms with Gasteiger partial charge >= 0.3 is 6.18 Å². The maximum absolute atomic E-state index is 12.8. The summed E-state index contributed by atoms with van der Waals surface area (Å²) in [5.41, 5.74) is 5.30. The van der Waals surface area contributed by atoms with Gasteiger partial charge in [-0.2, -0.15) is 24.9 Å². The van der Waals surface area contributed by atoms with Crippen LogP contribution < -0.4 is 10.5 Å². The fourth-order valence-corrected chi connectivity index (χ4v) is 3.44. The van der Waals surface area contributed by atoms with Gasteiger partial charge in [-0.3, -0.25) is 0 Å². The molecule has 2 nitrogen and oxygen atoms in total. The fourth-order valence-electron chi connectivity index (χ4n) is 2.29. The smallest absolute Gasteiger partial charge is 0.419 e. The SMILES string of the molecule is NC(COc1ccccc1C(F)(F)F)C1CCSCC1. The second kappa shape index (κ2) is 6.72. The van der Waals surface area contributed by atoms with Crippen molar-refractivity contribution < 1.29 is 17.9 Å². The molecule has 112 valence electrons. The number of alkyl halides is 3. The van der Waals surface area contributed by atoms with E-state index in [0.29, 0.717) is 5.92 Å². The fraction of sp³-hybridized carbons (Fsp3) is 0.571. The number of nitrogens with two attached hydrogens (primary N) is 1. The minimum absolute atomic E-state index is 0.127. The van der Waals surface area contributed by atoms with E-state index in [1.807, 2.05) is 11.8 Å². The van der Waals surface area contributed by atoms with Gasteiger partial charge in [-0.1, -0.05) is 12.1 Å². The minimum atomic E-state index is -4.40. The molecule has 1 fully saturated rings. The molecule has 6 heteroatoms. The van der Waals surface area contributed by atoms with Crippen LogP contribution in [0.25, 0.3) is 0 Å². The molecule has 0 aliphatic carbocycles. The van der Waals surface area contributed by atoms with E-state index < -0.39 is 11.7 Å². The van der Waals surface area contributed by atoms with Gasteiger partial charge in [0.25, 0.3) is 0 Å². The summed E-state index contributed by atoms with van der Waals surface area (Å²) in [5.74, 6) is 2.34. The highest BCUT2D eigenvalue weighted by atomic mass is 32.2. The van der Waals surface area contributed by atoms with E-state index >= 15 is 0 Å². The number of thioether (sulfide) groups is 1. The summed E-state index contributed by atoms with van der Waals surface area (Å²) >= 11 is 1.89. The first-order valence-electron chi connectivity index (χ1n) is 6.61. The third-order valence-corrected chi connectivity index (χ3v) is 4.54. The summed E-state index contributed by atoms with van der Waals surface area (Å²) in [7, 11) is 0. The van der Waals surface area contributed by atoms with E-state index in [9.17, 15) is 13.2 Å². The van der Waals surface area contributed by atoms with Crippen molar-refractivity contribution in [1.29, 1.82) is 0 Å². The summed E-state index contributed by atoms with van der Waals surface area (Å²) in [4.78, 5) is 0. The van der Waals surface area contributed by atoms with Crippen molar-refractivity contribution in [2.75, 3.05) is 18.1 Å². The Kier molecular flexibility index (Phi) is 5.21. The molecule has 1 aromatic rings. The first-order valence-corrected chi connectivity index (χ1v) is 7.76. The zero-order valence-corrected chi connectivity index (χ0v) is 11.8. The van der Waals surface area contributed by atoms with E-state index in [0.717, 1.165) is 30.4 Å². The van der Waals surface area contributed by atoms with Crippen LogP contribution >= 0.6 is 11.8 Å². The lowest BCUT2D eigenvalue weighted by Gasteiger charge is -2.27. The second-order valence-electron chi connectivity index (χ2n) is 4.92. The van der Waals surface area contributed by atoms with Crippen molar-refractivity contribution >= 4 is 11.8 Å². The second-order valence-corrected chi connectivity index (χ2v) is 6.14. The van der Waals surface area contributed by atoms with E-state index in [2.05, 4.69) is 0 Å². The third kappa shape index (κ3) is 4.06. The van der Waals surface area contributed by atoms with Crippen LogP contribution in [0.15, 0.2) is 24.3 Å². The maximum atomic E-state index is 12.8. The van der Waals surface area contributed by atoms with Gasteiger partial charge in [0.2, 0.25) is 0 Å². The molecule has 2 rings (SSSR count). The van der Waals surface area contributed by atoms with Gasteiger partial charge in [-0.15, -0.1) is 0 Å². The van der Waals surface area contributed by atoms with Gasteiger partial charge in [0, 0.05) is 6.04 Å². The molecule has 1 aromatic carbocycles. The normalized spacial score (nSPS) is 18.8. The molecule has 1 aliphatic heterocycles. The molecule has 0 spiro atoms. The van der Waals surface area contributed by atoms with Crippen molar-refractivity contribution in [3.8, 4) is 5.75 Å². The van der Waals surface area contributed by atoms with Crippen LogP contribution in [0.5, 0.6) is 5.75 Å². The predicted octanol–water partition coefficient (Wildman–Crippen LogP) is 3.55. The number of para-hydroxylation sites is 1. The van der Waals surface area contributed by atoms with Crippen molar-refractivity contribution in [3.63, 3.8) is 0 Å². The van der Waals surface area contributed by atoms with Gasteiger partial charge in [0.1, 0.15) is 12.4 Å². The van der Waals surface area contributed by atoms with E-state index in [4.69, 9.17) is 10.5 Å². The summed E-state index contributed by atoms with van der Waals surface area (Å²) in [6.07, 6.45) is -2.38. The minimum Gasteiger partial charge on any atom is -0.491 e. The Morgan fingerprint density at radius 2 is 1.90 bits per heavy atom. The zero-order chi connectivity index (χ0) is 14.6. The molecule has 0 bridgehead atoms. The Bertz CT molecular complexity index is 433. The average Bonchev–Trinajstić information content (AvgIpc) is 2.45.